The first-order chi connectivity index (χ1) is 10.3. The number of benzene rings is 1. The zero-order chi connectivity index (χ0) is 14.9. The molecule has 0 spiro atoms. The highest BCUT2D eigenvalue weighted by Crippen LogP contribution is 2.15. The number of nitrogens with zero attached hydrogens (tertiary/aromatic N) is 1. The second kappa shape index (κ2) is 9.19. The van der Waals surface area contributed by atoms with Crippen LogP contribution in [0.4, 0.5) is 0 Å². The summed E-state index contributed by atoms with van der Waals surface area (Å²) >= 11 is 0. The van der Waals surface area contributed by atoms with Crippen molar-refractivity contribution in [2.75, 3.05) is 26.8 Å². The van der Waals surface area contributed by atoms with Gasteiger partial charge >= 0.3 is 0 Å². The molecule has 1 fully saturated rings. The zero-order valence-electron chi connectivity index (χ0n) is 13.6. The number of hydrogen-bond donors (Lipinski definition) is 1. The van der Waals surface area contributed by atoms with Crippen LogP contribution in [-0.4, -0.2) is 43.8 Å². The molecule has 2 rings (SSSR count). The minimum atomic E-state index is 0.502. The van der Waals surface area contributed by atoms with Crippen molar-refractivity contribution in [3.8, 4) is 0 Å². The van der Waals surface area contributed by atoms with E-state index < -0.39 is 0 Å². The van der Waals surface area contributed by atoms with E-state index in [1.165, 1.54) is 37.8 Å². The van der Waals surface area contributed by atoms with Crippen molar-refractivity contribution in [2.45, 2.75) is 51.2 Å². The van der Waals surface area contributed by atoms with Crippen LogP contribution in [0.15, 0.2) is 30.3 Å². The maximum absolute atomic E-state index is 5.34. The van der Waals surface area contributed by atoms with Crippen LogP contribution in [0.25, 0.3) is 0 Å². The van der Waals surface area contributed by atoms with Gasteiger partial charge in [-0.15, -0.1) is 0 Å². The fourth-order valence-corrected chi connectivity index (χ4v) is 3.27. The molecule has 0 saturated carbocycles. The van der Waals surface area contributed by atoms with E-state index in [0.717, 1.165) is 19.7 Å². The summed E-state index contributed by atoms with van der Waals surface area (Å²) in [6, 6.07) is 11.9. The van der Waals surface area contributed by atoms with Gasteiger partial charge in [0.2, 0.25) is 0 Å². The number of rotatable bonds is 8. The number of methoxy groups -OCH3 is 1. The smallest absolute Gasteiger partial charge is 0.0615 e. The Morgan fingerprint density at radius 3 is 2.86 bits per heavy atom. The van der Waals surface area contributed by atoms with Crippen LogP contribution >= 0.6 is 0 Å². The van der Waals surface area contributed by atoms with Crippen LogP contribution < -0.4 is 5.32 Å². The van der Waals surface area contributed by atoms with Gasteiger partial charge in [-0.25, -0.2) is 0 Å². The summed E-state index contributed by atoms with van der Waals surface area (Å²) in [6.07, 6.45) is 4.98. The van der Waals surface area contributed by atoms with Gasteiger partial charge in [-0.05, 0) is 31.4 Å². The number of likely N-dealkylation sites (tertiary alicyclic amines) is 1. The minimum absolute atomic E-state index is 0.502. The van der Waals surface area contributed by atoms with Gasteiger partial charge in [0, 0.05) is 32.3 Å². The SMILES string of the molecule is CCCC(COC)NC1CCCN(Cc2ccccc2)C1. The Labute approximate surface area is 129 Å². The van der Waals surface area contributed by atoms with Crippen molar-refractivity contribution in [2.24, 2.45) is 0 Å². The van der Waals surface area contributed by atoms with Crippen LogP contribution in [0, 0.1) is 0 Å². The Bertz CT molecular complexity index is 376. The van der Waals surface area contributed by atoms with E-state index in [4.69, 9.17) is 4.74 Å². The maximum Gasteiger partial charge on any atom is 0.0615 e. The predicted octanol–water partition coefficient (Wildman–Crippen LogP) is 3.06. The lowest BCUT2D eigenvalue weighted by atomic mass is 10.0. The molecular weight excluding hydrogens is 260 g/mol. The van der Waals surface area contributed by atoms with E-state index >= 15 is 0 Å². The van der Waals surface area contributed by atoms with Crippen molar-refractivity contribution in [1.82, 2.24) is 10.2 Å². The molecule has 1 heterocycles. The highest BCUT2D eigenvalue weighted by molar-refractivity contribution is 5.14. The second-order valence-electron chi connectivity index (χ2n) is 6.17. The summed E-state index contributed by atoms with van der Waals surface area (Å²) in [5, 5.41) is 3.81. The van der Waals surface area contributed by atoms with Crippen molar-refractivity contribution in [3.63, 3.8) is 0 Å². The summed E-state index contributed by atoms with van der Waals surface area (Å²) in [6.45, 7) is 6.51. The van der Waals surface area contributed by atoms with Gasteiger partial charge in [-0.1, -0.05) is 43.7 Å². The predicted molar refractivity (Wildman–Crippen MR) is 88.4 cm³/mol. The molecule has 1 saturated heterocycles. The van der Waals surface area contributed by atoms with Crippen LogP contribution in [0.3, 0.4) is 0 Å². The standard InChI is InChI=1S/C18H30N2O/c1-3-8-18(15-21-2)19-17-11-7-12-20(14-17)13-16-9-5-4-6-10-16/h4-6,9-10,17-19H,3,7-8,11-15H2,1-2H3. The molecule has 1 aromatic carbocycles. The molecule has 1 aliphatic heterocycles. The Kier molecular flexibility index (Phi) is 7.20. The normalized spacial score (nSPS) is 21.3. The van der Waals surface area contributed by atoms with E-state index in [2.05, 4.69) is 47.5 Å². The van der Waals surface area contributed by atoms with Crippen molar-refractivity contribution < 1.29 is 4.74 Å². The Balaban J connectivity index is 1.82. The molecule has 0 bridgehead atoms. The molecule has 3 nitrogen and oxygen atoms in total. The Morgan fingerprint density at radius 1 is 1.33 bits per heavy atom. The fraction of sp³-hybridized carbons (Fsp3) is 0.667. The molecule has 0 aliphatic carbocycles. The maximum atomic E-state index is 5.34. The summed E-state index contributed by atoms with van der Waals surface area (Å²) in [5.74, 6) is 0. The number of piperidine rings is 1. The lowest BCUT2D eigenvalue weighted by molar-refractivity contribution is 0.131. The third-order valence-electron chi connectivity index (χ3n) is 4.23. The van der Waals surface area contributed by atoms with Crippen LogP contribution in [0.1, 0.15) is 38.2 Å². The highest BCUT2D eigenvalue weighted by atomic mass is 16.5. The third kappa shape index (κ3) is 5.77. The number of ether oxygens (including phenoxy) is 1. The van der Waals surface area contributed by atoms with Crippen molar-refractivity contribution in [3.05, 3.63) is 35.9 Å². The summed E-state index contributed by atoms with van der Waals surface area (Å²) < 4.78 is 5.34. The molecule has 1 aliphatic rings. The van der Waals surface area contributed by atoms with Gasteiger partial charge in [0.15, 0.2) is 0 Å². The monoisotopic (exact) mass is 290 g/mol. The first-order valence-electron chi connectivity index (χ1n) is 8.33. The van der Waals surface area contributed by atoms with Gasteiger partial charge in [0.25, 0.3) is 0 Å². The Hall–Kier alpha value is -0.900. The summed E-state index contributed by atoms with van der Waals surface area (Å²) in [5.41, 5.74) is 1.42. The van der Waals surface area contributed by atoms with Crippen LogP contribution in [0.5, 0.6) is 0 Å². The molecule has 2 atom stereocenters. The van der Waals surface area contributed by atoms with Gasteiger partial charge < -0.3 is 10.1 Å². The third-order valence-corrected chi connectivity index (χ3v) is 4.23. The first kappa shape index (κ1) is 16.5. The van der Waals surface area contributed by atoms with Gasteiger partial charge in [-0.2, -0.15) is 0 Å². The quantitative estimate of drug-likeness (QED) is 0.796. The van der Waals surface area contributed by atoms with Gasteiger partial charge in [-0.3, -0.25) is 4.90 Å². The molecule has 0 radical (unpaired) electrons. The van der Waals surface area contributed by atoms with E-state index in [-0.39, 0.29) is 0 Å². The molecule has 2 unspecified atom stereocenters. The molecule has 21 heavy (non-hydrogen) atoms. The minimum Gasteiger partial charge on any atom is -0.383 e. The van der Waals surface area contributed by atoms with Crippen LogP contribution in [-0.2, 0) is 11.3 Å². The van der Waals surface area contributed by atoms with Crippen molar-refractivity contribution in [1.29, 1.82) is 0 Å². The molecule has 118 valence electrons. The molecule has 0 amide bonds. The largest absolute Gasteiger partial charge is 0.383 e. The molecule has 1 N–H and O–H groups in total. The van der Waals surface area contributed by atoms with Gasteiger partial charge in [0.05, 0.1) is 6.61 Å². The summed E-state index contributed by atoms with van der Waals surface area (Å²) in [7, 11) is 1.80. The molecular formula is C18H30N2O. The van der Waals surface area contributed by atoms with E-state index in [1.54, 1.807) is 7.11 Å². The zero-order valence-corrected chi connectivity index (χ0v) is 13.6. The molecule has 1 aromatic rings. The second-order valence-corrected chi connectivity index (χ2v) is 6.17. The van der Waals surface area contributed by atoms with E-state index in [0.29, 0.717) is 12.1 Å². The average Bonchev–Trinajstić information content (AvgIpc) is 2.49. The lowest BCUT2D eigenvalue weighted by Crippen LogP contribution is -2.49. The Morgan fingerprint density at radius 2 is 2.14 bits per heavy atom. The lowest BCUT2D eigenvalue weighted by Gasteiger charge is -2.35. The number of nitrogens with one attached hydrogen (secondary N) is 1. The first-order valence-corrected chi connectivity index (χ1v) is 8.33. The molecule has 0 aromatic heterocycles. The van der Waals surface area contributed by atoms with E-state index in [1.807, 2.05) is 0 Å². The fourth-order valence-electron chi connectivity index (χ4n) is 3.27. The summed E-state index contributed by atoms with van der Waals surface area (Å²) in [4.78, 5) is 2.58. The van der Waals surface area contributed by atoms with Crippen LogP contribution in [0.2, 0.25) is 0 Å². The number of hydrogen-bond acceptors (Lipinski definition) is 3. The van der Waals surface area contributed by atoms with Crippen molar-refractivity contribution >= 4 is 0 Å². The molecule has 3 heteroatoms. The highest BCUT2D eigenvalue weighted by Gasteiger charge is 2.22. The van der Waals surface area contributed by atoms with E-state index in [9.17, 15) is 0 Å². The van der Waals surface area contributed by atoms with Gasteiger partial charge in [0.1, 0.15) is 0 Å². The topological polar surface area (TPSA) is 24.5 Å². The average molecular weight is 290 g/mol.